The van der Waals surface area contributed by atoms with E-state index >= 15 is 0 Å². The lowest BCUT2D eigenvalue weighted by molar-refractivity contribution is -0.144. The molecule has 2 aliphatic carbocycles. The van der Waals surface area contributed by atoms with Crippen LogP contribution in [0.15, 0.2) is 18.2 Å². The number of nitrogens with one attached hydrogen (secondary N) is 1. The van der Waals surface area contributed by atoms with Crippen molar-refractivity contribution in [1.82, 2.24) is 5.32 Å². The number of rotatable bonds is 4. The van der Waals surface area contributed by atoms with E-state index in [1.54, 1.807) is 6.92 Å². The Balaban J connectivity index is 1.80. The minimum atomic E-state index is -1.15. The topological polar surface area (TPSA) is 66.4 Å². The fourth-order valence-corrected chi connectivity index (χ4v) is 3.17. The van der Waals surface area contributed by atoms with Crippen LogP contribution in [0.4, 0.5) is 0 Å². The molecule has 1 fully saturated rings. The SMILES string of the molecule is CC(NC(=O)c1ccc2c(c1)CCCC2)(C(=O)O)C1CC1. The van der Waals surface area contributed by atoms with Crippen LogP contribution in [0.25, 0.3) is 0 Å². The van der Waals surface area contributed by atoms with Gasteiger partial charge in [0.15, 0.2) is 0 Å². The smallest absolute Gasteiger partial charge is 0.329 e. The summed E-state index contributed by atoms with van der Waals surface area (Å²) in [6.07, 6.45) is 6.19. The molecule has 3 rings (SSSR count). The van der Waals surface area contributed by atoms with E-state index in [-0.39, 0.29) is 11.8 Å². The molecule has 21 heavy (non-hydrogen) atoms. The number of carbonyl (C=O) groups excluding carboxylic acids is 1. The van der Waals surface area contributed by atoms with Gasteiger partial charge in [-0.05, 0) is 74.6 Å². The molecule has 1 unspecified atom stereocenters. The van der Waals surface area contributed by atoms with Gasteiger partial charge in [0, 0.05) is 5.56 Å². The molecule has 0 bridgehead atoms. The number of carboxylic acid groups (broad SMARTS) is 1. The van der Waals surface area contributed by atoms with Crippen molar-refractivity contribution in [3.63, 3.8) is 0 Å². The molecule has 0 spiro atoms. The minimum Gasteiger partial charge on any atom is -0.480 e. The van der Waals surface area contributed by atoms with Crippen LogP contribution in [-0.4, -0.2) is 22.5 Å². The number of benzene rings is 1. The summed E-state index contributed by atoms with van der Waals surface area (Å²) in [6, 6.07) is 5.76. The van der Waals surface area contributed by atoms with Gasteiger partial charge in [0.1, 0.15) is 5.54 Å². The number of hydrogen-bond donors (Lipinski definition) is 2. The van der Waals surface area contributed by atoms with Crippen molar-refractivity contribution < 1.29 is 14.7 Å². The second kappa shape index (κ2) is 5.17. The highest BCUT2D eigenvalue weighted by molar-refractivity contribution is 5.98. The van der Waals surface area contributed by atoms with Crippen LogP contribution in [0.2, 0.25) is 0 Å². The molecule has 1 atom stereocenters. The number of aliphatic carboxylic acids is 1. The Morgan fingerprint density at radius 3 is 2.48 bits per heavy atom. The second-order valence-electron chi connectivity index (χ2n) is 6.43. The highest BCUT2D eigenvalue weighted by Crippen LogP contribution is 2.40. The number of fused-ring (bicyclic) bond motifs is 1. The predicted molar refractivity (Wildman–Crippen MR) is 79.3 cm³/mol. The zero-order valence-corrected chi connectivity index (χ0v) is 12.3. The third kappa shape index (κ3) is 2.67. The van der Waals surface area contributed by atoms with Crippen molar-refractivity contribution in [1.29, 1.82) is 0 Å². The Hall–Kier alpha value is -1.84. The van der Waals surface area contributed by atoms with Gasteiger partial charge in [-0.15, -0.1) is 0 Å². The Kier molecular flexibility index (Phi) is 3.47. The summed E-state index contributed by atoms with van der Waals surface area (Å²) in [7, 11) is 0. The van der Waals surface area contributed by atoms with Crippen molar-refractivity contribution in [3.05, 3.63) is 34.9 Å². The minimum absolute atomic E-state index is 0.0524. The normalized spacial score (nSPS) is 20.2. The Morgan fingerprint density at radius 1 is 1.19 bits per heavy atom. The third-order valence-corrected chi connectivity index (χ3v) is 4.82. The molecule has 0 radical (unpaired) electrons. The monoisotopic (exact) mass is 287 g/mol. The summed E-state index contributed by atoms with van der Waals surface area (Å²) >= 11 is 0. The highest BCUT2D eigenvalue weighted by Gasteiger charge is 2.48. The van der Waals surface area contributed by atoms with E-state index in [0.29, 0.717) is 5.56 Å². The van der Waals surface area contributed by atoms with Crippen molar-refractivity contribution in [2.75, 3.05) is 0 Å². The molecule has 2 N–H and O–H groups in total. The van der Waals surface area contributed by atoms with Crippen molar-refractivity contribution in [2.45, 2.75) is 51.0 Å². The summed E-state index contributed by atoms with van der Waals surface area (Å²) < 4.78 is 0. The first kappa shape index (κ1) is 14.1. The van der Waals surface area contributed by atoms with Crippen LogP contribution in [0, 0.1) is 5.92 Å². The Bertz CT molecular complexity index is 592. The molecule has 0 aromatic heterocycles. The number of carboxylic acids is 1. The quantitative estimate of drug-likeness (QED) is 0.894. The summed E-state index contributed by atoms with van der Waals surface area (Å²) in [4.78, 5) is 23.9. The number of aryl methyl sites for hydroxylation is 2. The Morgan fingerprint density at radius 2 is 1.86 bits per heavy atom. The van der Waals surface area contributed by atoms with Crippen LogP contribution in [0.1, 0.15) is 54.1 Å². The summed E-state index contributed by atoms with van der Waals surface area (Å²) in [5.74, 6) is -1.17. The molecule has 1 amide bonds. The van der Waals surface area contributed by atoms with E-state index in [4.69, 9.17) is 0 Å². The van der Waals surface area contributed by atoms with E-state index in [1.165, 1.54) is 17.5 Å². The number of hydrogen-bond acceptors (Lipinski definition) is 2. The average molecular weight is 287 g/mol. The lowest BCUT2D eigenvalue weighted by Crippen LogP contribution is -2.54. The fourth-order valence-electron chi connectivity index (χ4n) is 3.17. The first-order valence-corrected chi connectivity index (χ1v) is 7.68. The molecular formula is C17H21NO3. The van der Waals surface area contributed by atoms with Gasteiger partial charge in [0.05, 0.1) is 0 Å². The van der Waals surface area contributed by atoms with Crippen molar-refractivity contribution in [2.24, 2.45) is 5.92 Å². The molecule has 112 valence electrons. The van der Waals surface area contributed by atoms with Crippen LogP contribution in [0.5, 0.6) is 0 Å². The first-order valence-electron chi connectivity index (χ1n) is 7.68. The molecule has 4 nitrogen and oxygen atoms in total. The van der Waals surface area contributed by atoms with Gasteiger partial charge in [-0.3, -0.25) is 4.79 Å². The van der Waals surface area contributed by atoms with E-state index < -0.39 is 11.5 Å². The van der Waals surface area contributed by atoms with Gasteiger partial charge in [-0.25, -0.2) is 4.79 Å². The van der Waals surface area contributed by atoms with E-state index in [9.17, 15) is 14.7 Å². The van der Waals surface area contributed by atoms with Gasteiger partial charge in [0.2, 0.25) is 0 Å². The lowest BCUT2D eigenvalue weighted by atomic mass is 9.90. The average Bonchev–Trinajstić information content (AvgIpc) is 3.31. The standard InChI is InChI=1S/C17H21NO3/c1-17(16(20)21,14-8-9-14)18-15(19)13-7-6-11-4-2-3-5-12(11)10-13/h6-7,10,14H,2-5,8-9H2,1H3,(H,18,19)(H,20,21). The first-order chi connectivity index (χ1) is 10.0. The zero-order valence-electron chi connectivity index (χ0n) is 12.3. The highest BCUT2D eigenvalue weighted by atomic mass is 16.4. The van der Waals surface area contributed by atoms with Gasteiger partial charge in [-0.1, -0.05) is 6.07 Å². The molecule has 1 aromatic rings. The van der Waals surface area contributed by atoms with Crippen LogP contribution < -0.4 is 5.32 Å². The maximum absolute atomic E-state index is 12.4. The van der Waals surface area contributed by atoms with Crippen molar-refractivity contribution >= 4 is 11.9 Å². The second-order valence-corrected chi connectivity index (χ2v) is 6.43. The molecule has 1 saturated carbocycles. The fraction of sp³-hybridized carbons (Fsp3) is 0.529. The summed E-state index contributed by atoms with van der Waals surface area (Å²) in [5.41, 5.74) is 1.98. The maximum atomic E-state index is 12.4. The maximum Gasteiger partial charge on any atom is 0.329 e. The van der Waals surface area contributed by atoms with E-state index in [1.807, 2.05) is 18.2 Å². The van der Waals surface area contributed by atoms with Crippen LogP contribution in [-0.2, 0) is 17.6 Å². The summed E-state index contributed by atoms with van der Waals surface area (Å²) in [5, 5.41) is 12.2. The molecule has 0 saturated heterocycles. The van der Waals surface area contributed by atoms with Gasteiger partial charge in [0.25, 0.3) is 5.91 Å². The lowest BCUT2D eigenvalue weighted by Gasteiger charge is -2.26. The molecule has 0 aliphatic heterocycles. The predicted octanol–water partition coefficient (Wildman–Crippen LogP) is 2.55. The van der Waals surface area contributed by atoms with Gasteiger partial charge < -0.3 is 10.4 Å². The van der Waals surface area contributed by atoms with Crippen molar-refractivity contribution in [3.8, 4) is 0 Å². The molecular weight excluding hydrogens is 266 g/mol. The van der Waals surface area contributed by atoms with Crippen LogP contribution >= 0.6 is 0 Å². The van der Waals surface area contributed by atoms with Gasteiger partial charge >= 0.3 is 5.97 Å². The number of carbonyl (C=O) groups is 2. The Labute approximate surface area is 124 Å². The zero-order chi connectivity index (χ0) is 15.0. The van der Waals surface area contributed by atoms with Crippen LogP contribution in [0.3, 0.4) is 0 Å². The van der Waals surface area contributed by atoms with Gasteiger partial charge in [-0.2, -0.15) is 0 Å². The molecule has 0 heterocycles. The number of amides is 1. The molecule has 2 aliphatic rings. The van der Waals surface area contributed by atoms with E-state index in [2.05, 4.69) is 5.32 Å². The summed E-state index contributed by atoms with van der Waals surface area (Å²) in [6.45, 7) is 1.61. The third-order valence-electron chi connectivity index (χ3n) is 4.82. The molecule has 1 aromatic carbocycles. The van der Waals surface area contributed by atoms with E-state index in [0.717, 1.165) is 32.1 Å². The molecule has 4 heteroatoms. The largest absolute Gasteiger partial charge is 0.480 e.